The molecule has 0 aliphatic carbocycles. The Morgan fingerprint density at radius 3 is 1.19 bits per heavy atom. The van der Waals surface area contributed by atoms with Crippen molar-refractivity contribution in [1.29, 1.82) is 0 Å². The molecule has 6 rings (SSSR count). The summed E-state index contributed by atoms with van der Waals surface area (Å²) in [6.45, 7) is 4.96. The van der Waals surface area contributed by atoms with Crippen molar-refractivity contribution in [3.63, 3.8) is 0 Å². The van der Waals surface area contributed by atoms with Crippen molar-refractivity contribution >= 4 is 45.4 Å². The maximum atomic E-state index is 12.3. The lowest BCUT2D eigenvalue weighted by Crippen LogP contribution is -2.15. The Balaban J connectivity index is 0.000000164. The van der Waals surface area contributed by atoms with Gasteiger partial charge < -0.3 is 28.4 Å². The summed E-state index contributed by atoms with van der Waals surface area (Å²) in [6.07, 6.45) is -1.73. The number of carbonyl (C=O) groups is 3. The lowest BCUT2D eigenvalue weighted by Gasteiger charge is -2.12. The van der Waals surface area contributed by atoms with Gasteiger partial charge in [-0.15, -0.1) is 0 Å². The van der Waals surface area contributed by atoms with Crippen molar-refractivity contribution in [2.24, 2.45) is 0 Å². The smallest absolute Gasteiger partial charge is 0.416 e. The topological polar surface area (TPSA) is 107 Å². The van der Waals surface area contributed by atoms with Gasteiger partial charge in [-0.1, -0.05) is 27.5 Å². The minimum atomic E-state index is -4.38. The maximum absolute atomic E-state index is 12.3. The molecule has 3 aliphatic heterocycles. The number of benzene rings is 3. The molecule has 0 bridgehead atoms. The second-order valence-electron chi connectivity index (χ2n) is 10.2. The third kappa shape index (κ3) is 10.6. The second-order valence-corrected chi connectivity index (χ2v) is 11.5. The number of hydrogen-bond acceptors (Lipinski definition) is 9. The first-order valence-corrected chi connectivity index (χ1v) is 15.2. The van der Waals surface area contributed by atoms with E-state index in [0.717, 1.165) is 16.6 Å². The van der Waals surface area contributed by atoms with E-state index in [2.05, 4.69) is 15.9 Å². The fourth-order valence-corrected chi connectivity index (χ4v) is 4.23. The quantitative estimate of drug-likeness (QED) is 0.182. The zero-order chi connectivity index (χ0) is 35.0. The first-order chi connectivity index (χ1) is 22.7. The minimum Gasteiger partial charge on any atom is -0.451 e. The van der Waals surface area contributed by atoms with Gasteiger partial charge in [0.1, 0.15) is 17.2 Å². The fraction of sp³-hybridized carbons (Fsp3) is 0.206. The van der Waals surface area contributed by atoms with Gasteiger partial charge in [0.2, 0.25) is 0 Å². The molecular weight excluding hydrogens is 725 g/mol. The highest BCUT2D eigenvalue weighted by molar-refractivity contribution is 9.10. The summed E-state index contributed by atoms with van der Waals surface area (Å²) in [7, 11) is 0. The van der Waals surface area contributed by atoms with Gasteiger partial charge in [-0.25, -0.2) is 14.4 Å². The van der Waals surface area contributed by atoms with Crippen molar-refractivity contribution in [3.8, 4) is 17.2 Å². The molecule has 14 heteroatoms. The van der Waals surface area contributed by atoms with E-state index in [4.69, 9.17) is 40.0 Å². The Morgan fingerprint density at radius 1 is 0.583 bits per heavy atom. The van der Waals surface area contributed by atoms with E-state index < -0.39 is 36.6 Å². The normalized spacial score (nSPS) is 19.6. The summed E-state index contributed by atoms with van der Waals surface area (Å²) in [5.74, 6) is 0.329. The third-order valence-corrected chi connectivity index (χ3v) is 7.14. The summed E-state index contributed by atoms with van der Waals surface area (Å²) in [4.78, 5) is 33.1. The van der Waals surface area contributed by atoms with Crippen LogP contribution in [-0.2, 0) is 34.8 Å². The monoisotopic (exact) mass is 750 g/mol. The molecule has 3 atom stereocenters. The van der Waals surface area contributed by atoms with Crippen LogP contribution in [0.4, 0.5) is 13.2 Å². The summed E-state index contributed by atoms with van der Waals surface area (Å²) in [6, 6.07) is 18.4. The standard InChI is InChI=1S/C12H9F3O3.C11H9BrO3.C11H9ClO3/c1-7-6-10(18-11(7)16)17-9-4-2-8(3-5-9)12(13,14)15;2*1-7-6-10(15-11(7)13)14-9-4-2-8(12)3-5-9/h2-6,10H,1H3;2*2-6,10H,1H3. The molecule has 0 radical (unpaired) electrons. The number of alkyl halides is 3. The van der Waals surface area contributed by atoms with Gasteiger partial charge in [0.25, 0.3) is 18.9 Å². The van der Waals surface area contributed by atoms with Crippen molar-refractivity contribution in [2.45, 2.75) is 45.8 Å². The Labute approximate surface area is 286 Å². The summed E-state index contributed by atoms with van der Waals surface area (Å²) in [5.41, 5.74) is 0.794. The molecule has 252 valence electrons. The number of halogens is 5. The van der Waals surface area contributed by atoms with Crippen LogP contribution in [0.5, 0.6) is 17.2 Å². The van der Waals surface area contributed by atoms with Crippen LogP contribution in [-0.4, -0.2) is 36.8 Å². The Hall–Kier alpha value is -4.75. The molecule has 0 aromatic heterocycles. The average molecular weight is 752 g/mol. The van der Waals surface area contributed by atoms with E-state index in [9.17, 15) is 27.6 Å². The van der Waals surface area contributed by atoms with Gasteiger partial charge in [0.05, 0.1) is 5.56 Å². The summed E-state index contributed by atoms with van der Waals surface area (Å²) < 4.78 is 68.6. The number of cyclic esters (lactones) is 3. The van der Waals surface area contributed by atoms with Crippen LogP contribution in [0.3, 0.4) is 0 Å². The van der Waals surface area contributed by atoms with E-state index in [1.807, 2.05) is 12.1 Å². The molecule has 3 unspecified atom stereocenters. The molecule has 0 N–H and O–H groups in total. The highest BCUT2D eigenvalue weighted by Crippen LogP contribution is 2.31. The second kappa shape index (κ2) is 15.9. The third-order valence-electron chi connectivity index (χ3n) is 6.36. The van der Waals surface area contributed by atoms with E-state index in [1.54, 1.807) is 69.3 Å². The molecule has 3 aromatic rings. The molecule has 0 fully saturated rings. The van der Waals surface area contributed by atoms with Gasteiger partial charge in [-0.05, 0) is 93.6 Å². The van der Waals surface area contributed by atoms with Gasteiger partial charge in [0.15, 0.2) is 0 Å². The minimum absolute atomic E-state index is 0.201. The zero-order valence-corrected chi connectivity index (χ0v) is 27.8. The van der Waals surface area contributed by atoms with Crippen molar-refractivity contribution < 1.29 is 56.0 Å². The van der Waals surface area contributed by atoms with Crippen LogP contribution in [0, 0.1) is 0 Å². The van der Waals surface area contributed by atoms with Crippen LogP contribution in [0.15, 0.2) is 112 Å². The van der Waals surface area contributed by atoms with Crippen LogP contribution in [0.1, 0.15) is 26.3 Å². The maximum Gasteiger partial charge on any atom is 0.416 e. The van der Waals surface area contributed by atoms with Gasteiger partial charge in [-0.3, -0.25) is 0 Å². The van der Waals surface area contributed by atoms with Crippen LogP contribution < -0.4 is 14.2 Å². The average Bonchev–Trinajstić information content (AvgIpc) is 3.64. The molecule has 0 amide bonds. The highest BCUT2D eigenvalue weighted by atomic mass is 79.9. The molecule has 9 nitrogen and oxygen atoms in total. The van der Waals surface area contributed by atoms with Crippen LogP contribution in [0.2, 0.25) is 5.02 Å². The molecule has 0 spiro atoms. The van der Waals surface area contributed by atoms with E-state index in [-0.39, 0.29) is 17.7 Å². The fourth-order valence-electron chi connectivity index (χ4n) is 3.84. The largest absolute Gasteiger partial charge is 0.451 e. The van der Waals surface area contributed by atoms with E-state index >= 15 is 0 Å². The molecular formula is C34H27BrClF3O9. The van der Waals surface area contributed by atoms with E-state index in [1.165, 1.54) is 18.2 Å². The van der Waals surface area contributed by atoms with Gasteiger partial charge in [-0.2, -0.15) is 13.2 Å². The Kier molecular flexibility index (Phi) is 12.0. The number of rotatable bonds is 6. The molecule has 3 heterocycles. The van der Waals surface area contributed by atoms with E-state index in [0.29, 0.717) is 33.2 Å². The lowest BCUT2D eigenvalue weighted by molar-refractivity contribution is -0.149. The number of esters is 3. The number of hydrogen-bond donors (Lipinski definition) is 0. The molecule has 3 aromatic carbocycles. The Bertz CT molecular complexity index is 1640. The predicted octanol–water partition coefficient (Wildman–Crippen LogP) is 8.12. The number of carbonyl (C=O) groups excluding carboxylic acids is 3. The van der Waals surface area contributed by atoms with Gasteiger partial charge in [0, 0.05) is 44.4 Å². The summed E-state index contributed by atoms with van der Waals surface area (Å²) >= 11 is 9.05. The van der Waals surface area contributed by atoms with Crippen molar-refractivity contribution in [1.82, 2.24) is 0 Å². The molecule has 48 heavy (non-hydrogen) atoms. The van der Waals surface area contributed by atoms with Crippen LogP contribution in [0.25, 0.3) is 0 Å². The summed E-state index contributed by atoms with van der Waals surface area (Å²) in [5, 5.41) is 0.637. The predicted molar refractivity (Wildman–Crippen MR) is 170 cm³/mol. The highest BCUT2D eigenvalue weighted by Gasteiger charge is 2.30. The molecule has 0 saturated heterocycles. The first kappa shape index (κ1) is 36.1. The van der Waals surface area contributed by atoms with Crippen molar-refractivity contribution in [2.75, 3.05) is 0 Å². The SMILES string of the molecule is CC1=CC(Oc2ccc(Br)cc2)OC1=O.CC1=CC(Oc2ccc(C(F)(F)F)cc2)OC1=O.CC1=CC(Oc2ccc(Cl)cc2)OC1=O. The Morgan fingerprint density at radius 2 is 0.896 bits per heavy atom. The van der Waals surface area contributed by atoms with Gasteiger partial charge >= 0.3 is 24.1 Å². The first-order valence-electron chi connectivity index (χ1n) is 14.0. The number of ether oxygens (including phenoxy) is 6. The van der Waals surface area contributed by atoms with Crippen molar-refractivity contribution in [3.05, 3.63) is 123 Å². The van der Waals surface area contributed by atoms with Crippen LogP contribution >= 0.6 is 27.5 Å². The zero-order valence-electron chi connectivity index (χ0n) is 25.5. The molecule has 0 saturated carbocycles. The lowest BCUT2D eigenvalue weighted by atomic mass is 10.2. The molecule has 3 aliphatic rings.